The van der Waals surface area contributed by atoms with Gasteiger partial charge in [-0.2, -0.15) is 0 Å². The summed E-state index contributed by atoms with van der Waals surface area (Å²) >= 11 is 5.88. The zero-order valence-corrected chi connectivity index (χ0v) is 22.2. The summed E-state index contributed by atoms with van der Waals surface area (Å²) in [4.78, 5) is 8.36. The number of ether oxygens (including phenoxy) is 3. The highest BCUT2D eigenvalue weighted by Gasteiger charge is 2.35. The van der Waals surface area contributed by atoms with Gasteiger partial charge in [-0.1, -0.05) is 24.6 Å². The average Bonchev–Trinajstić information content (AvgIpc) is 3.48. The molecule has 0 aliphatic carbocycles. The van der Waals surface area contributed by atoms with Crippen LogP contribution in [0.1, 0.15) is 50.7 Å². The van der Waals surface area contributed by atoms with Gasteiger partial charge in [-0.05, 0) is 32.4 Å². The third kappa shape index (κ3) is 5.11. The van der Waals surface area contributed by atoms with Gasteiger partial charge in [0.25, 0.3) is 0 Å². The number of aromatic nitrogens is 5. The molecule has 0 saturated carbocycles. The summed E-state index contributed by atoms with van der Waals surface area (Å²) < 4.78 is 48.2. The predicted molar refractivity (Wildman–Crippen MR) is 135 cm³/mol. The molecule has 1 unspecified atom stereocenters. The molecule has 3 aromatic rings. The van der Waals surface area contributed by atoms with Crippen LogP contribution in [0.2, 0.25) is 5.02 Å². The molecule has 3 heterocycles. The molecule has 1 saturated heterocycles. The zero-order chi connectivity index (χ0) is 26.0. The lowest BCUT2D eigenvalue weighted by Gasteiger charge is -2.22. The summed E-state index contributed by atoms with van der Waals surface area (Å²) in [6.07, 6.45) is 3.63. The first-order valence-electron chi connectivity index (χ1n) is 11.4. The highest BCUT2D eigenvalue weighted by Crippen LogP contribution is 2.39. The van der Waals surface area contributed by atoms with E-state index in [4.69, 9.17) is 25.8 Å². The van der Waals surface area contributed by atoms with Gasteiger partial charge in [-0.25, -0.2) is 18.4 Å². The second kappa shape index (κ2) is 10.6. The molecule has 11 nitrogen and oxygen atoms in total. The molecule has 1 fully saturated rings. The molecule has 4 atom stereocenters. The van der Waals surface area contributed by atoms with Crippen LogP contribution in [-0.2, 0) is 14.8 Å². The summed E-state index contributed by atoms with van der Waals surface area (Å²) in [6, 6.07) is 5.30. The van der Waals surface area contributed by atoms with Crippen LogP contribution in [0.25, 0.3) is 5.69 Å². The zero-order valence-electron chi connectivity index (χ0n) is 20.7. The lowest BCUT2D eigenvalue weighted by Crippen LogP contribution is -2.31. The first kappa shape index (κ1) is 26.1. The molecule has 13 heteroatoms. The van der Waals surface area contributed by atoms with E-state index in [9.17, 15) is 8.42 Å². The van der Waals surface area contributed by atoms with Gasteiger partial charge in [0.2, 0.25) is 16.0 Å². The molecule has 0 radical (unpaired) electrons. The topological polar surface area (TPSA) is 130 Å². The molecule has 0 spiro atoms. The highest BCUT2D eigenvalue weighted by molar-refractivity contribution is 7.93. The van der Waals surface area contributed by atoms with E-state index < -0.39 is 21.2 Å². The predicted octanol–water partition coefficient (Wildman–Crippen LogP) is 3.55. The van der Waals surface area contributed by atoms with E-state index in [0.717, 1.165) is 0 Å². The quantitative estimate of drug-likeness (QED) is 0.436. The molecule has 1 aromatic carbocycles. The number of hydrogen-bond donors (Lipinski definition) is 1. The van der Waals surface area contributed by atoms with Crippen molar-refractivity contribution in [3.05, 3.63) is 47.3 Å². The van der Waals surface area contributed by atoms with Crippen LogP contribution >= 0.6 is 11.6 Å². The van der Waals surface area contributed by atoms with Crippen molar-refractivity contribution >= 4 is 27.6 Å². The number of nitrogens with zero attached hydrogens (tertiary/aromatic N) is 5. The van der Waals surface area contributed by atoms with E-state index in [0.29, 0.717) is 46.9 Å². The Bertz CT molecular complexity index is 1290. The minimum absolute atomic E-state index is 0.0171. The van der Waals surface area contributed by atoms with Crippen LogP contribution in [-0.4, -0.2) is 65.3 Å². The smallest absolute Gasteiger partial charge is 0.243 e. The fourth-order valence-electron chi connectivity index (χ4n) is 4.15. The highest BCUT2D eigenvalue weighted by atomic mass is 35.5. The van der Waals surface area contributed by atoms with Crippen molar-refractivity contribution in [1.82, 2.24) is 24.7 Å². The molecule has 36 heavy (non-hydrogen) atoms. The van der Waals surface area contributed by atoms with Crippen LogP contribution in [0.15, 0.2) is 30.6 Å². The Morgan fingerprint density at radius 3 is 2.33 bits per heavy atom. The molecule has 0 amide bonds. The van der Waals surface area contributed by atoms with Gasteiger partial charge >= 0.3 is 0 Å². The van der Waals surface area contributed by atoms with Crippen LogP contribution in [0.5, 0.6) is 11.5 Å². The Labute approximate surface area is 215 Å². The van der Waals surface area contributed by atoms with E-state index in [2.05, 4.69) is 24.9 Å². The van der Waals surface area contributed by atoms with Crippen molar-refractivity contribution in [2.24, 2.45) is 0 Å². The number of benzene rings is 1. The van der Waals surface area contributed by atoms with E-state index in [1.165, 1.54) is 26.6 Å². The lowest BCUT2D eigenvalue weighted by atomic mass is 10.1. The van der Waals surface area contributed by atoms with Crippen LogP contribution in [0.4, 0.5) is 5.95 Å². The van der Waals surface area contributed by atoms with Gasteiger partial charge in [0.05, 0.1) is 37.2 Å². The maximum Gasteiger partial charge on any atom is 0.243 e. The van der Waals surface area contributed by atoms with Crippen molar-refractivity contribution in [3.8, 4) is 17.2 Å². The molecule has 194 valence electrons. The first-order chi connectivity index (χ1) is 17.2. The number of methoxy groups -OCH3 is 2. The van der Waals surface area contributed by atoms with Crippen LogP contribution < -0.4 is 14.2 Å². The SMILES string of the molecule is COc1cccc(OC)c1-n1c(NS(=O)(=O)[C@@H](C)[C@H](C)c2ncc(Cl)cn2)nnc1C1CO[C@H](C)C1. The number of nitrogens with one attached hydrogen (secondary N) is 1. The van der Waals surface area contributed by atoms with Gasteiger partial charge in [-0.15, -0.1) is 10.2 Å². The number of hydrogen-bond acceptors (Lipinski definition) is 9. The van der Waals surface area contributed by atoms with Crippen LogP contribution in [0.3, 0.4) is 0 Å². The van der Waals surface area contributed by atoms with Crippen LogP contribution in [0, 0.1) is 0 Å². The number of anilines is 1. The number of rotatable bonds is 9. The molecular formula is C23H29ClN6O5S. The van der Waals surface area contributed by atoms with E-state index >= 15 is 0 Å². The van der Waals surface area contributed by atoms with Gasteiger partial charge < -0.3 is 14.2 Å². The molecule has 1 aliphatic heterocycles. The summed E-state index contributed by atoms with van der Waals surface area (Å²) in [6.45, 7) is 5.74. The maximum atomic E-state index is 13.5. The van der Waals surface area contributed by atoms with Crippen molar-refractivity contribution in [2.45, 2.75) is 50.4 Å². The minimum Gasteiger partial charge on any atom is -0.494 e. The summed E-state index contributed by atoms with van der Waals surface area (Å²) in [5.41, 5.74) is 0.487. The molecule has 1 aliphatic rings. The van der Waals surface area contributed by atoms with E-state index in [1.807, 2.05) is 6.92 Å². The van der Waals surface area contributed by atoms with Crippen molar-refractivity contribution in [1.29, 1.82) is 0 Å². The van der Waals surface area contributed by atoms with Gasteiger partial charge in [0.15, 0.2) is 0 Å². The van der Waals surface area contributed by atoms with E-state index in [1.54, 1.807) is 36.6 Å². The molecule has 4 rings (SSSR count). The average molecular weight is 537 g/mol. The second-order valence-electron chi connectivity index (χ2n) is 8.71. The monoisotopic (exact) mass is 536 g/mol. The molecule has 2 aromatic heterocycles. The maximum absolute atomic E-state index is 13.5. The molecule has 1 N–H and O–H groups in total. The van der Waals surface area contributed by atoms with Gasteiger partial charge in [0, 0.05) is 24.2 Å². The van der Waals surface area contributed by atoms with Crippen molar-refractivity contribution < 1.29 is 22.6 Å². The summed E-state index contributed by atoms with van der Waals surface area (Å²) in [5, 5.41) is 8.07. The Balaban J connectivity index is 1.77. The Morgan fingerprint density at radius 2 is 1.78 bits per heavy atom. The summed E-state index contributed by atoms with van der Waals surface area (Å²) in [5.74, 6) is 1.24. The normalized spacial score (nSPS) is 19.6. The molecular weight excluding hydrogens is 508 g/mol. The largest absolute Gasteiger partial charge is 0.494 e. The third-order valence-corrected chi connectivity index (χ3v) is 8.40. The van der Waals surface area contributed by atoms with E-state index in [-0.39, 0.29) is 18.0 Å². The fraction of sp³-hybridized carbons (Fsp3) is 0.478. The second-order valence-corrected chi connectivity index (χ2v) is 11.2. The fourth-order valence-corrected chi connectivity index (χ4v) is 5.48. The van der Waals surface area contributed by atoms with Gasteiger partial charge in [-0.3, -0.25) is 9.29 Å². The Morgan fingerprint density at radius 1 is 1.14 bits per heavy atom. The summed E-state index contributed by atoms with van der Waals surface area (Å²) in [7, 11) is -0.900. The number of para-hydroxylation sites is 1. The Kier molecular flexibility index (Phi) is 7.67. The van der Waals surface area contributed by atoms with Crippen molar-refractivity contribution in [2.75, 3.05) is 25.5 Å². The standard InChI is InChI=1S/C23H29ClN6O5S/c1-13-9-16(12-35-13)22-27-28-23(30(22)20-18(33-4)7-6-8-19(20)34-5)29-36(31,32)15(3)14(2)21-25-10-17(24)11-26-21/h6-8,10-11,13-16H,9,12H2,1-5H3,(H,28,29)/t13-,14+,15+,16?/m1/s1. The minimum atomic E-state index is -3.96. The lowest BCUT2D eigenvalue weighted by molar-refractivity contribution is 0.123. The van der Waals surface area contributed by atoms with Crippen molar-refractivity contribution in [3.63, 3.8) is 0 Å². The first-order valence-corrected chi connectivity index (χ1v) is 13.4. The third-order valence-electron chi connectivity index (χ3n) is 6.35. The number of sulfonamides is 1. The van der Waals surface area contributed by atoms with Gasteiger partial charge in [0.1, 0.15) is 28.8 Å². The molecule has 0 bridgehead atoms. The number of halogens is 1. The Hall–Kier alpha value is -2.96.